The minimum atomic E-state index is 0.619. The van der Waals surface area contributed by atoms with E-state index in [1.54, 1.807) is 7.11 Å². The molecule has 0 atom stereocenters. The van der Waals surface area contributed by atoms with Gasteiger partial charge in [0.2, 0.25) is 0 Å². The number of nitrogens with one attached hydrogen (secondary N) is 1. The maximum Gasteiger partial charge on any atom is 0.157 e. The SMILES string of the molecule is COc1ccc(-c2c/c(=N\Nc3ncnc4ccccc34)c3cc(Cl)c(C)cc3o2)cc1. The Labute approximate surface area is 189 Å². The second kappa shape index (κ2) is 8.32. The lowest BCUT2D eigenvalue weighted by Gasteiger charge is -2.08. The van der Waals surface area contributed by atoms with Crippen LogP contribution in [0.1, 0.15) is 5.56 Å². The summed E-state index contributed by atoms with van der Waals surface area (Å²) >= 11 is 6.41. The van der Waals surface area contributed by atoms with Gasteiger partial charge in [0.1, 0.15) is 23.4 Å². The fourth-order valence-corrected chi connectivity index (χ4v) is 3.65. The summed E-state index contributed by atoms with van der Waals surface area (Å²) in [4.78, 5) is 8.65. The van der Waals surface area contributed by atoms with E-state index in [2.05, 4.69) is 20.5 Å². The molecule has 1 N–H and O–H groups in total. The van der Waals surface area contributed by atoms with Gasteiger partial charge in [0.15, 0.2) is 5.82 Å². The van der Waals surface area contributed by atoms with Crippen molar-refractivity contribution in [1.82, 2.24) is 9.97 Å². The van der Waals surface area contributed by atoms with Crippen LogP contribution in [0.4, 0.5) is 5.82 Å². The highest BCUT2D eigenvalue weighted by molar-refractivity contribution is 6.32. The highest BCUT2D eigenvalue weighted by atomic mass is 35.5. The lowest BCUT2D eigenvalue weighted by atomic mass is 10.1. The van der Waals surface area contributed by atoms with Crippen LogP contribution in [0.5, 0.6) is 5.75 Å². The fraction of sp³-hybridized carbons (Fsp3) is 0.0800. The molecule has 0 radical (unpaired) electrons. The van der Waals surface area contributed by atoms with E-state index in [0.29, 0.717) is 27.5 Å². The van der Waals surface area contributed by atoms with Crippen molar-refractivity contribution in [3.05, 3.63) is 89.0 Å². The number of nitrogens with zero attached hydrogens (tertiary/aromatic N) is 3. The highest BCUT2D eigenvalue weighted by Gasteiger charge is 2.10. The first-order valence-corrected chi connectivity index (χ1v) is 10.4. The number of rotatable bonds is 4. The van der Waals surface area contributed by atoms with Gasteiger partial charge in [0.05, 0.1) is 18.0 Å². The molecule has 0 spiro atoms. The molecule has 7 heteroatoms. The van der Waals surface area contributed by atoms with Crippen LogP contribution in [-0.2, 0) is 0 Å². The molecule has 6 nitrogen and oxygen atoms in total. The molecular weight excluding hydrogens is 424 g/mol. The smallest absolute Gasteiger partial charge is 0.157 e. The highest BCUT2D eigenvalue weighted by Crippen LogP contribution is 2.27. The number of hydrogen-bond acceptors (Lipinski definition) is 6. The van der Waals surface area contributed by atoms with E-state index in [1.807, 2.05) is 73.7 Å². The Kier molecular flexibility index (Phi) is 5.21. The molecule has 3 aromatic carbocycles. The largest absolute Gasteiger partial charge is 0.497 e. The number of halogens is 1. The van der Waals surface area contributed by atoms with Crippen molar-refractivity contribution in [2.45, 2.75) is 6.92 Å². The molecule has 0 unspecified atom stereocenters. The molecule has 0 aliphatic heterocycles. The zero-order chi connectivity index (χ0) is 22.1. The Bertz CT molecular complexity index is 1510. The van der Waals surface area contributed by atoms with Gasteiger partial charge in [-0.1, -0.05) is 23.7 Å². The minimum Gasteiger partial charge on any atom is -0.497 e. The van der Waals surface area contributed by atoms with Gasteiger partial charge in [-0.05, 0) is 61.0 Å². The standard InChI is InChI=1S/C25H19ClN4O2/c1-15-11-24-19(12-20(15)26)22(13-23(32-24)16-7-9-17(31-2)10-8-16)29-30-25-18-5-3-4-6-21(18)27-14-28-25/h3-14H,1-2H3,(H,27,28,30)/b29-22+. The van der Waals surface area contributed by atoms with Gasteiger partial charge in [0, 0.05) is 27.4 Å². The summed E-state index contributed by atoms with van der Waals surface area (Å²) in [5, 5.41) is 7.67. The average Bonchev–Trinajstić information content (AvgIpc) is 2.83. The van der Waals surface area contributed by atoms with E-state index in [-0.39, 0.29) is 0 Å². The number of benzene rings is 3. The van der Waals surface area contributed by atoms with E-state index in [9.17, 15) is 0 Å². The molecule has 158 valence electrons. The van der Waals surface area contributed by atoms with E-state index in [4.69, 9.17) is 20.8 Å². The Morgan fingerprint density at radius 2 is 1.78 bits per heavy atom. The normalized spacial score (nSPS) is 11.8. The summed E-state index contributed by atoms with van der Waals surface area (Å²) in [5.41, 5.74) is 6.46. The van der Waals surface area contributed by atoms with Crippen molar-refractivity contribution in [3.63, 3.8) is 0 Å². The minimum absolute atomic E-state index is 0.619. The van der Waals surface area contributed by atoms with Crippen molar-refractivity contribution < 1.29 is 9.15 Å². The predicted molar refractivity (Wildman–Crippen MR) is 127 cm³/mol. The van der Waals surface area contributed by atoms with Gasteiger partial charge in [-0.15, -0.1) is 0 Å². The van der Waals surface area contributed by atoms with Crippen LogP contribution in [0.3, 0.4) is 0 Å². The van der Waals surface area contributed by atoms with E-state index < -0.39 is 0 Å². The van der Waals surface area contributed by atoms with Gasteiger partial charge in [-0.3, -0.25) is 5.43 Å². The number of methoxy groups -OCH3 is 1. The maximum absolute atomic E-state index is 6.41. The monoisotopic (exact) mass is 442 g/mol. The summed E-state index contributed by atoms with van der Waals surface area (Å²) in [6, 6.07) is 21.1. The molecule has 5 aromatic rings. The molecule has 0 saturated heterocycles. The molecule has 0 aliphatic carbocycles. The van der Waals surface area contributed by atoms with Gasteiger partial charge in [-0.2, -0.15) is 5.10 Å². The molecule has 0 amide bonds. The molecule has 0 bridgehead atoms. The summed E-state index contributed by atoms with van der Waals surface area (Å²) in [5.74, 6) is 2.07. The molecule has 0 aliphatic rings. The number of anilines is 1. The zero-order valence-electron chi connectivity index (χ0n) is 17.5. The quantitative estimate of drug-likeness (QED) is 0.348. The van der Waals surface area contributed by atoms with Crippen molar-refractivity contribution in [3.8, 4) is 17.1 Å². The van der Waals surface area contributed by atoms with Crippen LogP contribution in [0.2, 0.25) is 5.02 Å². The summed E-state index contributed by atoms with van der Waals surface area (Å²) in [7, 11) is 1.64. The third-order valence-corrected chi connectivity index (χ3v) is 5.63. The molecular formula is C25H19ClN4O2. The van der Waals surface area contributed by atoms with Crippen LogP contribution in [0.25, 0.3) is 33.2 Å². The Morgan fingerprint density at radius 1 is 0.969 bits per heavy atom. The van der Waals surface area contributed by atoms with Crippen LogP contribution >= 0.6 is 11.6 Å². The maximum atomic E-state index is 6.41. The molecule has 0 fully saturated rings. The van der Waals surface area contributed by atoms with Gasteiger partial charge in [-0.25, -0.2) is 9.97 Å². The van der Waals surface area contributed by atoms with Crippen LogP contribution < -0.4 is 15.5 Å². The van der Waals surface area contributed by atoms with Crippen LogP contribution in [0, 0.1) is 6.92 Å². The van der Waals surface area contributed by atoms with Crippen molar-refractivity contribution >= 4 is 39.3 Å². The second-order valence-electron chi connectivity index (χ2n) is 7.28. The molecule has 2 aromatic heterocycles. The lowest BCUT2D eigenvalue weighted by molar-refractivity contribution is 0.415. The van der Waals surface area contributed by atoms with Crippen molar-refractivity contribution in [2.24, 2.45) is 5.10 Å². The predicted octanol–water partition coefficient (Wildman–Crippen LogP) is 5.94. The van der Waals surface area contributed by atoms with Gasteiger partial charge in [0.25, 0.3) is 0 Å². The Balaban J connectivity index is 1.68. The fourth-order valence-electron chi connectivity index (χ4n) is 3.49. The third-order valence-electron chi connectivity index (χ3n) is 5.22. The third kappa shape index (κ3) is 3.76. The van der Waals surface area contributed by atoms with Crippen LogP contribution in [0.15, 0.2) is 82.6 Å². The number of fused-ring (bicyclic) bond motifs is 2. The van der Waals surface area contributed by atoms with E-state index >= 15 is 0 Å². The number of para-hydroxylation sites is 1. The zero-order valence-corrected chi connectivity index (χ0v) is 18.2. The first kappa shape index (κ1) is 20.0. The molecule has 2 heterocycles. The van der Waals surface area contributed by atoms with Gasteiger partial charge < -0.3 is 9.15 Å². The first-order valence-electron chi connectivity index (χ1n) is 10.0. The molecule has 5 rings (SSSR count). The number of ether oxygens (including phenoxy) is 1. The molecule has 32 heavy (non-hydrogen) atoms. The topological polar surface area (TPSA) is 72.5 Å². The first-order chi connectivity index (χ1) is 15.6. The second-order valence-corrected chi connectivity index (χ2v) is 7.69. The summed E-state index contributed by atoms with van der Waals surface area (Å²) in [6.45, 7) is 1.94. The van der Waals surface area contributed by atoms with Crippen LogP contribution in [-0.4, -0.2) is 17.1 Å². The number of aromatic nitrogens is 2. The van der Waals surface area contributed by atoms with Crippen molar-refractivity contribution in [2.75, 3.05) is 12.5 Å². The number of aryl methyl sites for hydroxylation is 1. The van der Waals surface area contributed by atoms with E-state index in [1.165, 1.54) is 6.33 Å². The number of hydrogen-bond donors (Lipinski definition) is 1. The lowest BCUT2D eigenvalue weighted by Crippen LogP contribution is -2.08. The Morgan fingerprint density at radius 3 is 2.59 bits per heavy atom. The molecule has 0 saturated carbocycles. The van der Waals surface area contributed by atoms with E-state index in [0.717, 1.165) is 33.2 Å². The Hall–Kier alpha value is -3.90. The van der Waals surface area contributed by atoms with Gasteiger partial charge >= 0.3 is 0 Å². The summed E-state index contributed by atoms with van der Waals surface area (Å²) in [6.07, 6.45) is 1.52. The van der Waals surface area contributed by atoms with Crippen molar-refractivity contribution in [1.29, 1.82) is 0 Å². The summed E-state index contributed by atoms with van der Waals surface area (Å²) < 4.78 is 11.5. The average molecular weight is 443 g/mol.